The van der Waals surface area contributed by atoms with E-state index in [1.807, 2.05) is 0 Å². The van der Waals surface area contributed by atoms with Crippen molar-refractivity contribution in [2.75, 3.05) is 6.61 Å². The van der Waals surface area contributed by atoms with Gasteiger partial charge in [0.15, 0.2) is 0 Å². The minimum absolute atomic E-state index is 0.305. The Hall–Kier alpha value is -0.340. The number of hydrogen-bond acceptors (Lipinski definition) is 2. The monoisotopic (exact) mass is 181 g/mol. The van der Waals surface area contributed by atoms with Gasteiger partial charge in [0.25, 0.3) is 0 Å². The Morgan fingerprint density at radius 1 is 1.23 bits per heavy atom. The topological polar surface area (TPSA) is 32.3 Å². The zero-order valence-electron chi connectivity index (χ0n) is 8.08. The van der Waals surface area contributed by atoms with Crippen LogP contribution in [0, 0.1) is 5.92 Å². The predicted molar refractivity (Wildman–Crippen MR) is 53.5 cm³/mol. The van der Waals surface area contributed by atoms with Crippen molar-refractivity contribution < 1.29 is 5.11 Å². The van der Waals surface area contributed by atoms with E-state index in [1.165, 1.54) is 25.7 Å². The maximum Gasteiger partial charge on any atom is 0.0494 e. The fourth-order valence-electron chi connectivity index (χ4n) is 2.43. The molecule has 1 fully saturated rings. The normalized spacial score (nSPS) is 34.5. The van der Waals surface area contributed by atoms with E-state index in [1.54, 1.807) is 0 Å². The number of hydrogen-bond donors (Lipinski definition) is 2. The maximum absolute atomic E-state index is 8.97. The molecule has 74 valence electrons. The summed E-state index contributed by atoms with van der Waals surface area (Å²) in [7, 11) is 0. The predicted octanol–water partition coefficient (Wildman–Crippen LogP) is 1.46. The molecule has 0 aromatic heterocycles. The Morgan fingerprint density at radius 2 is 2.00 bits per heavy atom. The van der Waals surface area contributed by atoms with E-state index < -0.39 is 0 Å². The fraction of sp³-hybridized carbons (Fsp3) is 0.818. The smallest absolute Gasteiger partial charge is 0.0494 e. The van der Waals surface area contributed by atoms with Crippen molar-refractivity contribution in [1.82, 2.24) is 5.32 Å². The first-order valence-electron chi connectivity index (χ1n) is 5.43. The molecule has 0 saturated heterocycles. The standard InChI is InChI=1S/C11H19NO/c13-8-9-5-6-11(7-9)12-10-3-1-2-4-10/h5-6,9-13H,1-4,7-8H2/t9-,11+/m0/s1. The van der Waals surface area contributed by atoms with Gasteiger partial charge in [-0.25, -0.2) is 0 Å². The van der Waals surface area contributed by atoms with E-state index in [2.05, 4.69) is 17.5 Å². The van der Waals surface area contributed by atoms with Gasteiger partial charge in [-0.3, -0.25) is 0 Å². The third-order valence-electron chi connectivity index (χ3n) is 3.21. The summed E-state index contributed by atoms with van der Waals surface area (Å²) in [5, 5.41) is 12.6. The van der Waals surface area contributed by atoms with Gasteiger partial charge < -0.3 is 10.4 Å². The molecule has 0 aliphatic heterocycles. The molecule has 0 spiro atoms. The number of nitrogens with one attached hydrogen (secondary N) is 1. The highest BCUT2D eigenvalue weighted by Gasteiger charge is 2.22. The van der Waals surface area contributed by atoms with Gasteiger partial charge in [0, 0.05) is 24.6 Å². The SMILES string of the molecule is OC[C@H]1C=C[C@@H](NC2CCCC2)C1. The van der Waals surface area contributed by atoms with E-state index in [0.717, 1.165) is 12.5 Å². The molecule has 2 aliphatic carbocycles. The van der Waals surface area contributed by atoms with Gasteiger partial charge in [0.05, 0.1) is 0 Å². The molecule has 2 atom stereocenters. The molecule has 2 heteroatoms. The average Bonchev–Trinajstić information content (AvgIpc) is 2.76. The first-order valence-corrected chi connectivity index (χ1v) is 5.43. The van der Waals surface area contributed by atoms with Crippen molar-refractivity contribution >= 4 is 0 Å². The lowest BCUT2D eigenvalue weighted by molar-refractivity contribution is 0.244. The van der Waals surface area contributed by atoms with Gasteiger partial charge in [0.2, 0.25) is 0 Å². The van der Waals surface area contributed by atoms with Crippen LogP contribution in [0.3, 0.4) is 0 Å². The minimum atomic E-state index is 0.305. The van der Waals surface area contributed by atoms with Crippen molar-refractivity contribution in [3.05, 3.63) is 12.2 Å². The summed E-state index contributed by atoms with van der Waals surface area (Å²) in [5.41, 5.74) is 0. The molecule has 2 nitrogen and oxygen atoms in total. The largest absolute Gasteiger partial charge is 0.396 e. The molecular weight excluding hydrogens is 162 g/mol. The summed E-state index contributed by atoms with van der Waals surface area (Å²) in [6.07, 6.45) is 10.9. The molecule has 0 unspecified atom stereocenters. The fourth-order valence-corrected chi connectivity index (χ4v) is 2.43. The third kappa shape index (κ3) is 2.32. The second-order valence-corrected chi connectivity index (χ2v) is 4.32. The van der Waals surface area contributed by atoms with Crippen LogP contribution in [-0.4, -0.2) is 23.8 Å². The molecule has 1 saturated carbocycles. The van der Waals surface area contributed by atoms with Crippen LogP contribution < -0.4 is 5.32 Å². The summed E-state index contributed by atoms with van der Waals surface area (Å²) in [6, 6.07) is 1.27. The van der Waals surface area contributed by atoms with Crippen molar-refractivity contribution in [3.8, 4) is 0 Å². The van der Waals surface area contributed by atoms with Crippen LogP contribution in [0.4, 0.5) is 0 Å². The summed E-state index contributed by atoms with van der Waals surface area (Å²) >= 11 is 0. The Bertz CT molecular complexity index is 185. The molecular formula is C11H19NO. The Labute approximate surface area is 80.0 Å². The average molecular weight is 181 g/mol. The number of rotatable bonds is 3. The van der Waals surface area contributed by atoms with Gasteiger partial charge >= 0.3 is 0 Å². The Morgan fingerprint density at radius 3 is 2.62 bits per heavy atom. The highest BCUT2D eigenvalue weighted by atomic mass is 16.3. The summed E-state index contributed by atoms with van der Waals surface area (Å²) in [4.78, 5) is 0. The molecule has 0 bridgehead atoms. The lowest BCUT2D eigenvalue weighted by Crippen LogP contribution is -2.34. The van der Waals surface area contributed by atoms with Crippen molar-refractivity contribution in [1.29, 1.82) is 0 Å². The van der Waals surface area contributed by atoms with Gasteiger partial charge in [-0.15, -0.1) is 0 Å². The number of aliphatic hydroxyl groups excluding tert-OH is 1. The van der Waals surface area contributed by atoms with E-state index in [-0.39, 0.29) is 0 Å². The van der Waals surface area contributed by atoms with Crippen LogP contribution in [0.5, 0.6) is 0 Å². The van der Waals surface area contributed by atoms with Crippen molar-refractivity contribution in [2.24, 2.45) is 5.92 Å². The van der Waals surface area contributed by atoms with Gasteiger partial charge in [-0.2, -0.15) is 0 Å². The highest BCUT2D eigenvalue weighted by Crippen LogP contribution is 2.22. The molecule has 2 N–H and O–H groups in total. The highest BCUT2D eigenvalue weighted by molar-refractivity contribution is 5.06. The summed E-state index contributed by atoms with van der Waals surface area (Å²) in [5.74, 6) is 0.402. The van der Waals surface area contributed by atoms with Crippen LogP contribution >= 0.6 is 0 Å². The van der Waals surface area contributed by atoms with Crippen LogP contribution in [0.2, 0.25) is 0 Å². The van der Waals surface area contributed by atoms with E-state index >= 15 is 0 Å². The molecule has 0 aromatic rings. The van der Waals surface area contributed by atoms with Crippen molar-refractivity contribution in [3.63, 3.8) is 0 Å². The maximum atomic E-state index is 8.97. The molecule has 0 heterocycles. The first-order chi connectivity index (χ1) is 6.38. The second-order valence-electron chi connectivity index (χ2n) is 4.32. The zero-order chi connectivity index (χ0) is 9.10. The molecule has 0 aromatic carbocycles. The molecule has 2 rings (SSSR count). The Balaban J connectivity index is 1.74. The third-order valence-corrected chi connectivity index (χ3v) is 3.21. The molecule has 0 radical (unpaired) electrons. The summed E-state index contributed by atoms with van der Waals surface area (Å²) < 4.78 is 0. The Kier molecular flexibility index (Phi) is 3.01. The lowest BCUT2D eigenvalue weighted by Gasteiger charge is -2.17. The second kappa shape index (κ2) is 4.25. The zero-order valence-corrected chi connectivity index (χ0v) is 8.08. The van der Waals surface area contributed by atoms with Gasteiger partial charge in [0.1, 0.15) is 0 Å². The van der Waals surface area contributed by atoms with E-state index in [9.17, 15) is 0 Å². The summed E-state index contributed by atoms with van der Waals surface area (Å²) in [6.45, 7) is 0.305. The first kappa shape index (κ1) is 9.22. The van der Waals surface area contributed by atoms with Crippen molar-refractivity contribution in [2.45, 2.75) is 44.2 Å². The lowest BCUT2D eigenvalue weighted by atomic mass is 10.1. The molecule has 0 amide bonds. The van der Waals surface area contributed by atoms with Gasteiger partial charge in [-0.05, 0) is 19.3 Å². The minimum Gasteiger partial charge on any atom is -0.396 e. The number of aliphatic hydroxyl groups is 1. The van der Waals surface area contributed by atoms with Gasteiger partial charge in [-0.1, -0.05) is 25.0 Å². The van der Waals surface area contributed by atoms with Crippen LogP contribution in [0.1, 0.15) is 32.1 Å². The quantitative estimate of drug-likeness (QED) is 0.646. The molecule has 13 heavy (non-hydrogen) atoms. The van der Waals surface area contributed by atoms with Crippen LogP contribution in [0.15, 0.2) is 12.2 Å². The molecule has 2 aliphatic rings. The van der Waals surface area contributed by atoms with Crippen LogP contribution in [-0.2, 0) is 0 Å². The van der Waals surface area contributed by atoms with Crippen LogP contribution in [0.25, 0.3) is 0 Å². The van der Waals surface area contributed by atoms with E-state index in [0.29, 0.717) is 18.6 Å². The van der Waals surface area contributed by atoms with E-state index in [4.69, 9.17) is 5.11 Å².